The average molecular weight is 874 g/mol. The predicted molar refractivity (Wildman–Crippen MR) is 269 cm³/mol. The summed E-state index contributed by atoms with van der Waals surface area (Å²) in [6, 6.07) is 38.0. The van der Waals surface area contributed by atoms with Crippen LogP contribution in [0.1, 0.15) is 114 Å². The van der Waals surface area contributed by atoms with Crippen LogP contribution in [-0.4, -0.2) is 31.6 Å². The van der Waals surface area contributed by atoms with E-state index in [0.29, 0.717) is 6.04 Å². The van der Waals surface area contributed by atoms with Crippen molar-refractivity contribution in [3.63, 3.8) is 0 Å². The fourth-order valence-corrected chi connectivity index (χ4v) is 11.6. The predicted octanol–water partition coefficient (Wildman–Crippen LogP) is 16.2. The minimum absolute atomic E-state index is 0.100. The first-order valence-electron chi connectivity index (χ1n) is 22.2. The Morgan fingerprint density at radius 1 is 0.726 bits per heavy atom. The molecule has 8 aromatic rings. The van der Waals surface area contributed by atoms with E-state index in [0.717, 1.165) is 50.2 Å². The Labute approximate surface area is 379 Å². The highest BCUT2D eigenvalue weighted by molar-refractivity contribution is 7.19. The molecule has 0 aliphatic carbocycles. The lowest BCUT2D eigenvalue weighted by molar-refractivity contribution is 0.00578. The largest absolute Gasteiger partial charge is 0.469 e. The topological polar surface area (TPSA) is 49.2 Å². The summed E-state index contributed by atoms with van der Waals surface area (Å²) in [4.78, 5) is 4.75. The van der Waals surface area contributed by atoms with E-state index in [-0.39, 0.29) is 5.82 Å². The van der Waals surface area contributed by atoms with E-state index in [1.807, 2.05) is 23.5 Å². The van der Waals surface area contributed by atoms with Crippen molar-refractivity contribution in [3.05, 3.63) is 138 Å². The van der Waals surface area contributed by atoms with E-state index in [1.54, 1.807) is 11.3 Å². The van der Waals surface area contributed by atoms with Crippen molar-refractivity contribution in [1.82, 2.24) is 13.3 Å². The lowest BCUT2D eigenvalue weighted by Gasteiger charge is -2.32. The van der Waals surface area contributed by atoms with Crippen LogP contribution in [0.15, 0.2) is 122 Å². The molecule has 5 nitrogen and oxygen atoms in total. The Morgan fingerprint density at radius 3 is 2.03 bits per heavy atom. The van der Waals surface area contributed by atoms with Crippen LogP contribution in [0.25, 0.3) is 69.7 Å². The number of thiophene rings is 2. The quantitative estimate of drug-likeness (QED) is 0.0551. The summed E-state index contributed by atoms with van der Waals surface area (Å²) in [5, 5.41) is 2.55. The molecule has 0 bridgehead atoms. The first kappa shape index (κ1) is 42.7. The highest BCUT2D eigenvalue weighted by Crippen LogP contribution is 2.45. The molecule has 9 heteroatoms. The molecule has 2 atom stereocenters. The smallest absolute Gasteiger partial charge is 0.403 e. The van der Waals surface area contributed by atoms with Crippen LogP contribution in [0.2, 0.25) is 0 Å². The molecule has 4 aromatic carbocycles. The van der Waals surface area contributed by atoms with Gasteiger partial charge in [-0.25, -0.2) is 0 Å². The Kier molecular flexibility index (Phi) is 12.0. The van der Waals surface area contributed by atoms with Gasteiger partial charge in [-0.3, -0.25) is 0 Å². The molecule has 316 valence electrons. The second-order valence-corrected chi connectivity index (χ2v) is 20.7. The van der Waals surface area contributed by atoms with Crippen LogP contribution in [0.4, 0.5) is 0 Å². The van der Waals surface area contributed by atoms with Crippen LogP contribution in [-0.2, 0) is 9.31 Å². The molecule has 9 rings (SSSR count). The Balaban J connectivity index is 1.05. The summed E-state index contributed by atoms with van der Waals surface area (Å²) in [5.74, 6) is -0.100. The lowest BCUT2D eigenvalue weighted by atomic mass is 9.68. The molecule has 2 unspecified atom stereocenters. The molecule has 1 fully saturated rings. The summed E-state index contributed by atoms with van der Waals surface area (Å²) < 4.78 is 25.4. The monoisotopic (exact) mass is 873 g/mol. The zero-order valence-corrected chi connectivity index (χ0v) is 39.3. The van der Waals surface area contributed by atoms with Crippen molar-refractivity contribution in [3.8, 4) is 31.3 Å². The molecule has 0 amide bonds. The standard InChI is InChI=1S/C53H56BN3O2S3/c1-9-11-12-13-14-16-19-34(3)57-44-32-37(43(10-2)54-58-52(5,6)53(7,8)59-54)22-24-39(44)40-25-23-38(33-45(40)57)47-29-31-49(61-47)42-27-26-41(50-51(42)56-62-55-50)48-30-28-46(60-48)35(4)36-20-17-15-18-21-36/h10,15,17-18,20-34,43H,2,4,9,11-14,16,19H2,1,3,5-8H3. The van der Waals surface area contributed by atoms with Gasteiger partial charge in [-0.05, 0) is 99.7 Å². The summed E-state index contributed by atoms with van der Waals surface area (Å²) in [6.45, 7) is 21.8. The summed E-state index contributed by atoms with van der Waals surface area (Å²) in [5.41, 5.74) is 10.4. The normalized spacial score (nSPS) is 15.8. The maximum absolute atomic E-state index is 6.57. The maximum atomic E-state index is 6.57. The zero-order chi connectivity index (χ0) is 43.2. The van der Waals surface area contributed by atoms with Crippen molar-refractivity contribution < 1.29 is 9.31 Å². The van der Waals surface area contributed by atoms with Gasteiger partial charge in [-0.15, -0.1) is 29.3 Å². The number of allylic oxidation sites excluding steroid dienone is 1. The third-order valence-corrected chi connectivity index (χ3v) is 16.2. The van der Waals surface area contributed by atoms with Crippen molar-refractivity contribution >= 4 is 79.9 Å². The van der Waals surface area contributed by atoms with Crippen molar-refractivity contribution in [2.24, 2.45) is 0 Å². The number of rotatable bonds is 16. The van der Waals surface area contributed by atoms with Crippen LogP contribution >= 0.6 is 34.4 Å². The molecule has 1 aliphatic rings. The third-order valence-electron chi connectivity index (χ3n) is 13.3. The molecule has 1 saturated heterocycles. The van der Waals surface area contributed by atoms with Crippen LogP contribution in [0.5, 0.6) is 0 Å². The molecule has 4 aromatic heterocycles. The summed E-state index contributed by atoms with van der Waals surface area (Å²) in [7, 11) is -0.403. The first-order chi connectivity index (χ1) is 30.0. The molecule has 1 aliphatic heterocycles. The van der Waals surface area contributed by atoms with Crippen LogP contribution in [0.3, 0.4) is 0 Å². The highest BCUT2D eigenvalue weighted by atomic mass is 32.1. The van der Waals surface area contributed by atoms with Gasteiger partial charge in [-0.2, -0.15) is 8.75 Å². The number of aromatic nitrogens is 3. The maximum Gasteiger partial charge on any atom is 0.469 e. The second kappa shape index (κ2) is 17.5. The van der Waals surface area contributed by atoms with Gasteiger partial charge in [0.25, 0.3) is 0 Å². The molecular formula is C53H56BN3O2S3. The van der Waals surface area contributed by atoms with Crippen molar-refractivity contribution in [2.45, 2.75) is 110 Å². The SMILES string of the molecule is C=CC(B1OC(C)(C)C(C)(C)O1)c1ccc2c3ccc(-c4ccc(-c5ccc(-c6ccc(C(=C)c7ccccc7)s6)c6nsnc56)s4)cc3n(C(C)CCCCCCCC)c2c1. The molecule has 0 spiro atoms. The fraction of sp³-hybridized carbons (Fsp3) is 0.321. The van der Waals surface area contributed by atoms with Gasteiger partial charge in [-0.1, -0.05) is 125 Å². The Bertz CT molecular complexity index is 2880. The van der Waals surface area contributed by atoms with Gasteiger partial charge in [0.15, 0.2) is 0 Å². The van der Waals surface area contributed by atoms with Gasteiger partial charge < -0.3 is 13.9 Å². The molecule has 5 heterocycles. The lowest BCUT2D eigenvalue weighted by Crippen LogP contribution is -2.41. The van der Waals surface area contributed by atoms with Crippen LogP contribution in [0, 0.1) is 0 Å². The van der Waals surface area contributed by atoms with Crippen molar-refractivity contribution in [1.29, 1.82) is 0 Å². The minimum atomic E-state index is -0.415. The number of unbranched alkanes of at least 4 members (excludes halogenated alkanes) is 5. The molecule has 0 radical (unpaired) electrons. The summed E-state index contributed by atoms with van der Waals surface area (Å²) in [6.07, 6.45) is 10.9. The second-order valence-electron chi connectivity index (χ2n) is 18.0. The number of nitrogens with zero attached hydrogens (tertiary/aromatic N) is 3. The van der Waals surface area contributed by atoms with E-state index >= 15 is 0 Å². The number of hydrogen-bond acceptors (Lipinski definition) is 7. The van der Waals surface area contributed by atoms with Gasteiger partial charge >= 0.3 is 7.12 Å². The van der Waals surface area contributed by atoms with Gasteiger partial charge in [0.2, 0.25) is 0 Å². The number of benzene rings is 4. The van der Waals surface area contributed by atoms with Crippen LogP contribution < -0.4 is 0 Å². The average Bonchev–Trinajstić information content (AvgIpc) is 4.12. The Hall–Kier alpha value is -4.64. The fourth-order valence-electron chi connectivity index (χ4n) is 9.02. The first-order valence-corrected chi connectivity index (χ1v) is 24.6. The van der Waals surface area contributed by atoms with E-state index < -0.39 is 18.3 Å². The van der Waals surface area contributed by atoms with E-state index in [2.05, 4.69) is 156 Å². The van der Waals surface area contributed by atoms with Gasteiger partial charge in [0, 0.05) is 64.3 Å². The van der Waals surface area contributed by atoms with Gasteiger partial charge in [0.1, 0.15) is 11.0 Å². The summed E-state index contributed by atoms with van der Waals surface area (Å²) >= 11 is 4.86. The molecule has 0 saturated carbocycles. The van der Waals surface area contributed by atoms with Gasteiger partial charge in [0.05, 0.1) is 22.9 Å². The molecule has 62 heavy (non-hydrogen) atoms. The third kappa shape index (κ3) is 7.96. The highest BCUT2D eigenvalue weighted by Gasteiger charge is 2.53. The van der Waals surface area contributed by atoms with E-state index in [9.17, 15) is 0 Å². The number of hydrogen-bond donors (Lipinski definition) is 0. The van der Waals surface area contributed by atoms with E-state index in [1.165, 1.54) is 92.3 Å². The van der Waals surface area contributed by atoms with E-state index in [4.69, 9.17) is 18.1 Å². The zero-order valence-electron chi connectivity index (χ0n) is 36.9. The minimum Gasteiger partial charge on any atom is -0.403 e. The molecule has 0 N–H and O–H groups in total. The molecular weight excluding hydrogens is 818 g/mol. The number of fused-ring (bicyclic) bond motifs is 4. The van der Waals surface area contributed by atoms with Crippen molar-refractivity contribution in [2.75, 3.05) is 0 Å². The Morgan fingerprint density at radius 2 is 1.34 bits per heavy atom.